The van der Waals surface area contributed by atoms with E-state index in [0.29, 0.717) is 18.5 Å². The van der Waals surface area contributed by atoms with Crippen LogP contribution in [-0.2, 0) is 18.4 Å². The number of benzene rings is 2. The van der Waals surface area contributed by atoms with Crippen LogP contribution < -0.4 is 10.2 Å². The SMILES string of the molecule is CN1CCN(c2ncc(C(=O)NCc3ccccc3)c(CC3(c4ccc(Cl)cc4)CCCC3)n2)CC1. The summed E-state index contributed by atoms with van der Waals surface area (Å²) in [7, 11) is 2.14. The van der Waals surface area contributed by atoms with Crippen molar-refractivity contribution in [2.24, 2.45) is 0 Å². The number of nitrogens with one attached hydrogen (secondary N) is 1. The van der Waals surface area contributed by atoms with Crippen LogP contribution in [0, 0.1) is 0 Å². The first kappa shape index (κ1) is 24.7. The Balaban J connectivity index is 1.46. The first-order valence-corrected chi connectivity index (χ1v) is 13.3. The van der Waals surface area contributed by atoms with Crippen LogP contribution in [0.3, 0.4) is 0 Å². The lowest BCUT2D eigenvalue weighted by Crippen LogP contribution is -2.45. The van der Waals surface area contributed by atoms with Crippen LogP contribution in [0.5, 0.6) is 0 Å². The molecule has 1 saturated carbocycles. The number of halogens is 1. The summed E-state index contributed by atoms with van der Waals surface area (Å²) in [4.78, 5) is 27.7. The molecule has 1 N–H and O–H groups in total. The molecule has 6 nitrogen and oxygen atoms in total. The lowest BCUT2D eigenvalue weighted by molar-refractivity contribution is 0.0948. The van der Waals surface area contributed by atoms with Gasteiger partial charge in [0.2, 0.25) is 5.95 Å². The molecular weight excluding hydrogens is 470 g/mol. The van der Waals surface area contributed by atoms with E-state index in [2.05, 4.69) is 39.3 Å². The van der Waals surface area contributed by atoms with Crippen molar-refractivity contribution in [1.82, 2.24) is 20.2 Å². The molecule has 5 rings (SSSR count). The minimum Gasteiger partial charge on any atom is -0.348 e. The van der Waals surface area contributed by atoms with E-state index in [1.165, 1.54) is 18.4 Å². The van der Waals surface area contributed by atoms with Gasteiger partial charge in [0.05, 0.1) is 11.3 Å². The molecule has 1 aliphatic carbocycles. The average molecular weight is 504 g/mol. The Morgan fingerprint density at radius 2 is 1.69 bits per heavy atom. The molecule has 1 aliphatic heterocycles. The predicted molar refractivity (Wildman–Crippen MR) is 145 cm³/mol. The number of anilines is 1. The largest absolute Gasteiger partial charge is 0.348 e. The molecule has 2 fully saturated rings. The van der Waals surface area contributed by atoms with Crippen molar-refractivity contribution in [3.05, 3.63) is 88.2 Å². The Bertz CT molecular complexity index is 1170. The summed E-state index contributed by atoms with van der Waals surface area (Å²) >= 11 is 6.21. The molecule has 1 saturated heterocycles. The predicted octanol–water partition coefficient (Wildman–Crippen LogP) is 4.87. The summed E-state index contributed by atoms with van der Waals surface area (Å²) < 4.78 is 0. The average Bonchev–Trinajstić information content (AvgIpc) is 3.38. The highest BCUT2D eigenvalue weighted by Gasteiger charge is 2.37. The van der Waals surface area contributed by atoms with Crippen molar-refractivity contribution in [2.45, 2.75) is 44.1 Å². The van der Waals surface area contributed by atoms with Crippen molar-refractivity contribution in [3.63, 3.8) is 0 Å². The van der Waals surface area contributed by atoms with Gasteiger partial charge in [0.15, 0.2) is 0 Å². The molecule has 0 radical (unpaired) electrons. The summed E-state index contributed by atoms with van der Waals surface area (Å²) in [5.74, 6) is 0.602. The Morgan fingerprint density at radius 1 is 1.00 bits per heavy atom. The summed E-state index contributed by atoms with van der Waals surface area (Å²) in [6.07, 6.45) is 6.96. The third kappa shape index (κ3) is 5.55. The third-order valence-electron chi connectivity index (χ3n) is 7.70. The van der Waals surface area contributed by atoms with E-state index >= 15 is 0 Å². The summed E-state index contributed by atoms with van der Waals surface area (Å²) in [5.41, 5.74) is 3.70. The number of aromatic nitrogens is 2. The molecular formula is C29H34ClN5O. The van der Waals surface area contributed by atoms with Crippen LogP contribution >= 0.6 is 11.6 Å². The van der Waals surface area contributed by atoms with Gasteiger partial charge in [-0.2, -0.15) is 0 Å². The molecule has 1 aromatic heterocycles. The number of carbonyl (C=O) groups is 1. The van der Waals surface area contributed by atoms with E-state index in [1.54, 1.807) is 6.20 Å². The fourth-order valence-electron chi connectivity index (χ4n) is 5.51. The Hall–Kier alpha value is -2.96. The van der Waals surface area contributed by atoms with E-state index < -0.39 is 0 Å². The molecule has 0 bridgehead atoms. The van der Waals surface area contributed by atoms with Crippen LogP contribution in [0.2, 0.25) is 5.02 Å². The molecule has 2 heterocycles. The Morgan fingerprint density at radius 3 is 2.39 bits per heavy atom. The number of likely N-dealkylation sites (N-methyl/N-ethyl adjacent to an activating group) is 1. The minimum absolute atomic E-state index is 0.0488. The number of amides is 1. The maximum atomic E-state index is 13.4. The molecule has 0 atom stereocenters. The maximum Gasteiger partial charge on any atom is 0.254 e. The van der Waals surface area contributed by atoms with Crippen molar-refractivity contribution in [1.29, 1.82) is 0 Å². The molecule has 2 aliphatic rings. The quantitative estimate of drug-likeness (QED) is 0.498. The normalized spacial score (nSPS) is 17.8. The van der Waals surface area contributed by atoms with E-state index in [-0.39, 0.29) is 11.3 Å². The first-order valence-electron chi connectivity index (χ1n) is 12.9. The Labute approximate surface area is 218 Å². The van der Waals surface area contributed by atoms with E-state index in [4.69, 9.17) is 16.6 Å². The van der Waals surface area contributed by atoms with Crippen LogP contribution in [-0.4, -0.2) is 54.0 Å². The van der Waals surface area contributed by atoms with Crippen LogP contribution in [0.25, 0.3) is 0 Å². The van der Waals surface area contributed by atoms with Crippen LogP contribution in [0.15, 0.2) is 60.8 Å². The molecule has 188 valence electrons. The fourth-order valence-corrected chi connectivity index (χ4v) is 5.63. The first-order chi connectivity index (χ1) is 17.5. The standard InChI is InChI=1S/C29H34ClN5O/c1-34-15-17-35(18-16-34)28-32-21-25(27(36)31-20-22-7-3-2-4-8-22)26(33-28)19-29(13-5-6-14-29)23-9-11-24(30)12-10-23/h2-4,7-12,21H,5-6,13-20H2,1H3,(H,31,36). The zero-order chi connectivity index (χ0) is 25.0. The summed E-state index contributed by atoms with van der Waals surface area (Å²) in [6, 6.07) is 18.2. The number of hydrogen-bond acceptors (Lipinski definition) is 5. The van der Waals surface area contributed by atoms with Gasteiger partial charge in [-0.3, -0.25) is 4.79 Å². The van der Waals surface area contributed by atoms with Gasteiger partial charge < -0.3 is 15.1 Å². The van der Waals surface area contributed by atoms with Gasteiger partial charge in [0, 0.05) is 55.8 Å². The van der Waals surface area contributed by atoms with Crippen molar-refractivity contribution in [2.75, 3.05) is 38.1 Å². The van der Waals surface area contributed by atoms with Gasteiger partial charge in [-0.15, -0.1) is 0 Å². The van der Waals surface area contributed by atoms with Crippen molar-refractivity contribution >= 4 is 23.5 Å². The zero-order valence-electron chi connectivity index (χ0n) is 20.9. The molecule has 0 unspecified atom stereocenters. The monoisotopic (exact) mass is 503 g/mol. The summed E-state index contributed by atoms with van der Waals surface area (Å²) in [6.45, 7) is 4.21. The molecule has 0 spiro atoms. The highest BCUT2D eigenvalue weighted by Crippen LogP contribution is 2.44. The third-order valence-corrected chi connectivity index (χ3v) is 7.96. The van der Waals surface area contributed by atoms with Crippen LogP contribution in [0.1, 0.15) is 52.9 Å². The van der Waals surface area contributed by atoms with Gasteiger partial charge in [0.1, 0.15) is 0 Å². The minimum atomic E-state index is -0.122. The smallest absolute Gasteiger partial charge is 0.254 e. The second-order valence-corrected chi connectivity index (χ2v) is 10.6. The zero-order valence-corrected chi connectivity index (χ0v) is 21.7. The second kappa shape index (κ2) is 11.0. The molecule has 1 amide bonds. The topological polar surface area (TPSA) is 61.4 Å². The molecule has 36 heavy (non-hydrogen) atoms. The number of carbonyl (C=O) groups excluding carboxylic acids is 1. The highest BCUT2D eigenvalue weighted by atomic mass is 35.5. The summed E-state index contributed by atoms with van der Waals surface area (Å²) in [5, 5.41) is 3.83. The van der Waals surface area contributed by atoms with E-state index in [9.17, 15) is 4.79 Å². The van der Waals surface area contributed by atoms with Crippen molar-refractivity contribution in [3.8, 4) is 0 Å². The van der Waals surface area contributed by atoms with E-state index in [0.717, 1.165) is 61.2 Å². The van der Waals surface area contributed by atoms with Crippen molar-refractivity contribution < 1.29 is 4.79 Å². The van der Waals surface area contributed by atoms with Gasteiger partial charge in [0.25, 0.3) is 5.91 Å². The van der Waals surface area contributed by atoms with E-state index in [1.807, 2.05) is 42.5 Å². The van der Waals surface area contributed by atoms with Crippen LogP contribution in [0.4, 0.5) is 5.95 Å². The number of nitrogens with zero attached hydrogens (tertiary/aromatic N) is 4. The van der Waals surface area contributed by atoms with Gasteiger partial charge in [-0.05, 0) is 43.1 Å². The molecule has 2 aromatic carbocycles. The highest BCUT2D eigenvalue weighted by molar-refractivity contribution is 6.30. The number of rotatable bonds is 7. The molecule has 3 aromatic rings. The number of hydrogen-bond donors (Lipinski definition) is 1. The molecule has 7 heteroatoms. The fraction of sp³-hybridized carbons (Fsp3) is 0.414. The lowest BCUT2D eigenvalue weighted by Gasteiger charge is -2.33. The van der Waals surface area contributed by atoms with Gasteiger partial charge in [-0.25, -0.2) is 9.97 Å². The Kier molecular flexibility index (Phi) is 7.54. The maximum absolute atomic E-state index is 13.4. The number of piperazine rings is 1. The second-order valence-electron chi connectivity index (χ2n) is 10.2. The van der Waals surface area contributed by atoms with Gasteiger partial charge >= 0.3 is 0 Å². The van der Waals surface area contributed by atoms with Gasteiger partial charge in [-0.1, -0.05) is 66.9 Å². The lowest BCUT2D eigenvalue weighted by atomic mass is 9.74.